The number of nitrogen functional groups attached to an aromatic ring is 1. The van der Waals surface area contributed by atoms with E-state index in [0.29, 0.717) is 0 Å². The fourth-order valence-electron chi connectivity index (χ4n) is 2.83. The molecule has 0 spiro atoms. The lowest BCUT2D eigenvalue weighted by molar-refractivity contribution is 0.0984. The molecule has 3 rings (SSSR count). The fourth-order valence-corrected chi connectivity index (χ4v) is 3.19. The van der Waals surface area contributed by atoms with Gasteiger partial charge in [0.2, 0.25) is 0 Å². The van der Waals surface area contributed by atoms with Crippen molar-refractivity contribution in [2.75, 3.05) is 17.2 Å². The summed E-state index contributed by atoms with van der Waals surface area (Å²) in [5.74, 6) is 0.0420. The van der Waals surface area contributed by atoms with Crippen LogP contribution in [0.3, 0.4) is 0 Å². The number of carbonyl (C=O) groups is 1. The van der Waals surface area contributed by atoms with Crippen LogP contribution in [-0.4, -0.2) is 12.5 Å². The molecular formula is C17H17BrN2O. The van der Waals surface area contributed by atoms with Crippen LogP contribution in [0.4, 0.5) is 11.4 Å². The molecule has 1 amide bonds. The summed E-state index contributed by atoms with van der Waals surface area (Å²) in [6.45, 7) is 2.70. The minimum absolute atomic E-state index is 0.0420. The first-order valence-corrected chi connectivity index (χ1v) is 7.82. The van der Waals surface area contributed by atoms with Crippen molar-refractivity contribution in [1.29, 1.82) is 0 Å². The second-order valence-corrected chi connectivity index (χ2v) is 6.28. The maximum atomic E-state index is 12.9. The van der Waals surface area contributed by atoms with Crippen LogP contribution in [0.1, 0.15) is 27.9 Å². The van der Waals surface area contributed by atoms with E-state index in [1.54, 1.807) is 0 Å². The number of hydrogen-bond acceptors (Lipinski definition) is 2. The molecular weight excluding hydrogens is 328 g/mol. The van der Waals surface area contributed by atoms with Crippen LogP contribution in [0.25, 0.3) is 0 Å². The van der Waals surface area contributed by atoms with Crippen molar-refractivity contribution >= 4 is 33.2 Å². The van der Waals surface area contributed by atoms with Gasteiger partial charge in [0.1, 0.15) is 0 Å². The SMILES string of the molecule is Cc1ccc(Br)cc1C(=O)N1CCCc2c(N)cccc21. The summed E-state index contributed by atoms with van der Waals surface area (Å²) < 4.78 is 0.918. The van der Waals surface area contributed by atoms with E-state index in [2.05, 4.69) is 15.9 Å². The normalized spacial score (nSPS) is 13.9. The molecule has 0 bridgehead atoms. The van der Waals surface area contributed by atoms with Gasteiger partial charge >= 0.3 is 0 Å². The maximum Gasteiger partial charge on any atom is 0.258 e. The Labute approximate surface area is 132 Å². The summed E-state index contributed by atoms with van der Waals surface area (Å²) in [6, 6.07) is 11.6. The number of halogens is 1. The number of nitrogens with zero attached hydrogens (tertiary/aromatic N) is 1. The topological polar surface area (TPSA) is 46.3 Å². The molecule has 0 saturated heterocycles. The highest BCUT2D eigenvalue weighted by atomic mass is 79.9. The monoisotopic (exact) mass is 344 g/mol. The van der Waals surface area contributed by atoms with Crippen molar-refractivity contribution in [2.45, 2.75) is 19.8 Å². The van der Waals surface area contributed by atoms with Gasteiger partial charge in [0.05, 0.1) is 0 Å². The van der Waals surface area contributed by atoms with Crippen molar-refractivity contribution in [2.24, 2.45) is 0 Å². The smallest absolute Gasteiger partial charge is 0.258 e. The molecule has 2 N–H and O–H groups in total. The zero-order valence-corrected chi connectivity index (χ0v) is 13.5. The third-order valence-corrected chi connectivity index (χ3v) is 4.46. The molecule has 108 valence electrons. The summed E-state index contributed by atoms with van der Waals surface area (Å²) in [4.78, 5) is 14.8. The molecule has 2 aromatic carbocycles. The van der Waals surface area contributed by atoms with Gasteiger partial charge in [-0.15, -0.1) is 0 Å². The van der Waals surface area contributed by atoms with Gasteiger partial charge in [0.25, 0.3) is 5.91 Å². The lowest BCUT2D eigenvalue weighted by Gasteiger charge is -2.30. The highest BCUT2D eigenvalue weighted by Gasteiger charge is 2.25. The number of benzene rings is 2. The average Bonchev–Trinajstić information content (AvgIpc) is 2.49. The van der Waals surface area contributed by atoms with Crippen LogP contribution in [0.15, 0.2) is 40.9 Å². The van der Waals surface area contributed by atoms with Gasteiger partial charge in [-0.1, -0.05) is 28.1 Å². The Bertz CT molecular complexity index is 712. The summed E-state index contributed by atoms with van der Waals surface area (Å²) in [6.07, 6.45) is 1.88. The van der Waals surface area contributed by atoms with E-state index in [4.69, 9.17) is 5.73 Å². The zero-order valence-electron chi connectivity index (χ0n) is 11.9. The molecule has 0 aromatic heterocycles. The second-order valence-electron chi connectivity index (χ2n) is 5.36. The first-order chi connectivity index (χ1) is 10.1. The largest absolute Gasteiger partial charge is 0.398 e. The molecule has 21 heavy (non-hydrogen) atoms. The lowest BCUT2D eigenvalue weighted by Crippen LogP contribution is -2.36. The van der Waals surface area contributed by atoms with Gasteiger partial charge in [-0.2, -0.15) is 0 Å². The number of hydrogen-bond donors (Lipinski definition) is 1. The first kappa shape index (κ1) is 14.1. The predicted molar refractivity (Wildman–Crippen MR) is 89.7 cm³/mol. The van der Waals surface area contributed by atoms with E-state index in [1.165, 1.54) is 0 Å². The van der Waals surface area contributed by atoms with Gasteiger partial charge in [-0.25, -0.2) is 0 Å². The number of rotatable bonds is 1. The van der Waals surface area contributed by atoms with E-state index in [0.717, 1.165) is 51.9 Å². The summed E-state index contributed by atoms with van der Waals surface area (Å²) in [5, 5.41) is 0. The average molecular weight is 345 g/mol. The molecule has 0 saturated carbocycles. The molecule has 2 aromatic rings. The molecule has 1 aliphatic heterocycles. The van der Waals surface area contributed by atoms with Crippen LogP contribution in [-0.2, 0) is 6.42 Å². The minimum Gasteiger partial charge on any atom is -0.398 e. The Morgan fingerprint density at radius 2 is 2.10 bits per heavy atom. The molecule has 4 heteroatoms. The lowest BCUT2D eigenvalue weighted by atomic mass is 9.98. The highest BCUT2D eigenvalue weighted by molar-refractivity contribution is 9.10. The van der Waals surface area contributed by atoms with Crippen LogP contribution >= 0.6 is 15.9 Å². The number of carbonyl (C=O) groups excluding carboxylic acids is 1. The van der Waals surface area contributed by atoms with Gasteiger partial charge < -0.3 is 10.6 Å². The molecule has 0 unspecified atom stereocenters. The molecule has 0 fully saturated rings. The van der Waals surface area contributed by atoms with E-state index in [1.807, 2.05) is 48.2 Å². The molecule has 1 heterocycles. The van der Waals surface area contributed by atoms with Crippen LogP contribution in [0.2, 0.25) is 0 Å². The zero-order chi connectivity index (χ0) is 15.0. The van der Waals surface area contributed by atoms with Gasteiger partial charge in [0, 0.05) is 28.0 Å². The molecule has 0 radical (unpaired) electrons. The number of anilines is 2. The van der Waals surface area contributed by atoms with E-state index in [-0.39, 0.29) is 5.91 Å². The maximum absolute atomic E-state index is 12.9. The van der Waals surface area contributed by atoms with Crippen molar-refractivity contribution in [1.82, 2.24) is 0 Å². The number of amides is 1. The van der Waals surface area contributed by atoms with Crippen LogP contribution in [0, 0.1) is 6.92 Å². The standard InChI is InChI=1S/C17H17BrN2O/c1-11-7-8-12(18)10-14(11)17(21)20-9-3-4-13-15(19)5-2-6-16(13)20/h2,5-8,10H,3-4,9,19H2,1H3. The van der Waals surface area contributed by atoms with Crippen molar-refractivity contribution in [3.05, 3.63) is 57.6 Å². The Kier molecular flexibility index (Phi) is 3.72. The summed E-state index contributed by atoms with van der Waals surface area (Å²) >= 11 is 3.44. The van der Waals surface area contributed by atoms with Crippen molar-refractivity contribution < 1.29 is 4.79 Å². The Morgan fingerprint density at radius 1 is 1.29 bits per heavy atom. The predicted octanol–water partition coefficient (Wildman–Crippen LogP) is 3.93. The Morgan fingerprint density at radius 3 is 2.90 bits per heavy atom. The summed E-state index contributed by atoms with van der Waals surface area (Å²) in [7, 11) is 0. The third kappa shape index (κ3) is 2.56. The van der Waals surface area contributed by atoms with E-state index in [9.17, 15) is 4.79 Å². The van der Waals surface area contributed by atoms with Gasteiger partial charge in [-0.05, 0) is 55.2 Å². The molecule has 1 aliphatic rings. The molecule has 0 aliphatic carbocycles. The van der Waals surface area contributed by atoms with E-state index >= 15 is 0 Å². The van der Waals surface area contributed by atoms with Crippen molar-refractivity contribution in [3.63, 3.8) is 0 Å². The Hall–Kier alpha value is -1.81. The van der Waals surface area contributed by atoms with Gasteiger partial charge in [0.15, 0.2) is 0 Å². The first-order valence-electron chi connectivity index (χ1n) is 7.03. The quantitative estimate of drug-likeness (QED) is 0.796. The fraction of sp³-hybridized carbons (Fsp3) is 0.235. The van der Waals surface area contributed by atoms with E-state index < -0.39 is 0 Å². The third-order valence-electron chi connectivity index (χ3n) is 3.96. The highest BCUT2D eigenvalue weighted by Crippen LogP contribution is 2.32. The van der Waals surface area contributed by atoms with Crippen molar-refractivity contribution in [3.8, 4) is 0 Å². The van der Waals surface area contributed by atoms with Gasteiger partial charge in [-0.3, -0.25) is 4.79 Å². The molecule has 3 nitrogen and oxygen atoms in total. The van der Waals surface area contributed by atoms with Crippen LogP contribution < -0.4 is 10.6 Å². The second kappa shape index (κ2) is 5.53. The number of fused-ring (bicyclic) bond motifs is 1. The summed E-state index contributed by atoms with van der Waals surface area (Å²) in [5.41, 5.74) is 10.6. The number of aryl methyl sites for hydroxylation is 1. The Balaban J connectivity index is 2.04. The van der Waals surface area contributed by atoms with Crippen LogP contribution in [0.5, 0.6) is 0 Å². The number of nitrogens with two attached hydrogens (primary N) is 1. The molecule has 0 atom stereocenters. The minimum atomic E-state index is 0.0420.